The van der Waals surface area contributed by atoms with Gasteiger partial charge < -0.3 is 5.32 Å². The van der Waals surface area contributed by atoms with Crippen LogP contribution in [0.4, 0.5) is 0 Å². The third-order valence-corrected chi connectivity index (χ3v) is 5.19. The van der Waals surface area contributed by atoms with E-state index in [1.165, 1.54) is 58.2 Å². The van der Waals surface area contributed by atoms with Crippen molar-refractivity contribution < 1.29 is 0 Å². The molecule has 2 rings (SSSR count). The van der Waals surface area contributed by atoms with Crippen LogP contribution in [0.15, 0.2) is 0 Å². The molecule has 1 atom stereocenters. The van der Waals surface area contributed by atoms with E-state index in [0.717, 1.165) is 12.0 Å². The summed E-state index contributed by atoms with van der Waals surface area (Å²) in [5.74, 6) is 0.785. The SMILES string of the molecule is CC(C)CN(CC1NCCCC1(C)C)C1CCCC1. The van der Waals surface area contributed by atoms with Crippen molar-refractivity contribution in [3.63, 3.8) is 0 Å². The minimum Gasteiger partial charge on any atom is -0.312 e. The van der Waals surface area contributed by atoms with E-state index in [4.69, 9.17) is 0 Å². The summed E-state index contributed by atoms with van der Waals surface area (Å²) in [5, 5.41) is 3.79. The highest BCUT2D eigenvalue weighted by Gasteiger charge is 2.35. The van der Waals surface area contributed by atoms with Crippen molar-refractivity contribution >= 4 is 0 Å². The lowest BCUT2D eigenvalue weighted by molar-refractivity contribution is 0.0937. The van der Waals surface area contributed by atoms with Crippen LogP contribution in [0.25, 0.3) is 0 Å². The van der Waals surface area contributed by atoms with Crippen LogP contribution < -0.4 is 5.32 Å². The van der Waals surface area contributed by atoms with E-state index in [-0.39, 0.29) is 0 Å². The number of rotatable bonds is 5. The maximum atomic E-state index is 3.79. The molecule has 1 aliphatic heterocycles. The zero-order chi connectivity index (χ0) is 13.9. The van der Waals surface area contributed by atoms with Gasteiger partial charge in [-0.2, -0.15) is 0 Å². The molecule has 0 bridgehead atoms. The van der Waals surface area contributed by atoms with Crippen LogP contribution >= 0.6 is 0 Å². The molecule has 0 aromatic heterocycles. The van der Waals surface area contributed by atoms with Crippen LogP contribution in [0, 0.1) is 11.3 Å². The van der Waals surface area contributed by atoms with E-state index in [0.29, 0.717) is 11.5 Å². The molecule has 0 aromatic carbocycles. The minimum absolute atomic E-state index is 0.464. The molecule has 1 unspecified atom stereocenters. The molecule has 0 radical (unpaired) electrons. The topological polar surface area (TPSA) is 15.3 Å². The average molecular weight is 266 g/mol. The van der Waals surface area contributed by atoms with Crippen molar-refractivity contribution in [3.8, 4) is 0 Å². The van der Waals surface area contributed by atoms with E-state index in [2.05, 4.69) is 37.9 Å². The molecule has 1 saturated heterocycles. The van der Waals surface area contributed by atoms with Crippen LogP contribution in [0.1, 0.15) is 66.2 Å². The first-order chi connectivity index (χ1) is 8.99. The van der Waals surface area contributed by atoms with Gasteiger partial charge in [-0.05, 0) is 43.6 Å². The second kappa shape index (κ2) is 6.58. The Morgan fingerprint density at radius 1 is 1.16 bits per heavy atom. The number of hydrogen-bond donors (Lipinski definition) is 1. The van der Waals surface area contributed by atoms with Gasteiger partial charge in [0.1, 0.15) is 0 Å². The van der Waals surface area contributed by atoms with Gasteiger partial charge in [-0.1, -0.05) is 40.5 Å². The highest BCUT2D eigenvalue weighted by Crippen LogP contribution is 2.32. The smallest absolute Gasteiger partial charge is 0.0246 e. The average Bonchev–Trinajstić information content (AvgIpc) is 2.83. The lowest BCUT2D eigenvalue weighted by Crippen LogP contribution is -2.54. The molecule has 1 heterocycles. The predicted octanol–water partition coefficient (Wildman–Crippen LogP) is 3.67. The van der Waals surface area contributed by atoms with Crippen molar-refractivity contribution in [1.82, 2.24) is 10.2 Å². The molecule has 19 heavy (non-hydrogen) atoms. The zero-order valence-electron chi connectivity index (χ0n) is 13.5. The fourth-order valence-electron chi connectivity index (χ4n) is 3.93. The van der Waals surface area contributed by atoms with Crippen LogP contribution in [0.5, 0.6) is 0 Å². The van der Waals surface area contributed by atoms with Crippen LogP contribution in [0.2, 0.25) is 0 Å². The molecule has 2 nitrogen and oxygen atoms in total. The first kappa shape index (κ1) is 15.3. The van der Waals surface area contributed by atoms with Crippen LogP contribution in [-0.4, -0.2) is 36.6 Å². The van der Waals surface area contributed by atoms with Gasteiger partial charge in [0.2, 0.25) is 0 Å². The molecular formula is C17H34N2. The molecule has 0 amide bonds. The molecule has 112 valence electrons. The van der Waals surface area contributed by atoms with Crippen molar-refractivity contribution in [2.45, 2.75) is 78.3 Å². The van der Waals surface area contributed by atoms with Gasteiger partial charge in [0.15, 0.2) is 0 Å². The standard InChI is InChI=1S/C17H34N2/c1-14(2)12-19(15-8-5-6-9-15)13-16-17(3,4)10-7-11-18-16/h14-16,18H,5-13H2,1-4H3. The van der Waals surface area contributed by atoms with E-state index in [9.17, 15) is 0 Å². The van der Waals surface area contributed by atoms with E-state index in [1.54, 1.807) is 0 Å². The van der Waals surface area contributed by atoms with Crippen molar-refractivity contribution in [2.24, 2.45) is 11.3 Å². The number of nitrogens with one attached hydrogen (secondary N) is 1. The quantitative estimate of drug-likeness (QED) is 0.817. The summed E-state index contributed by atoms with van der Waals surface area (Å²) in [6.45, 7) is 13.4. The van der Waals surface area contributed by atoms with Crippen LogP contribution in [-0.2, 0) is 0 Å². The lowest BCUT2D eigenvalue weighted by Gasteiger charge is -2.43. The Morgan fingerprint density at radius 2 is 1.84 bits per heavy atom. The molecular weight excluding hydrogens is 232 g/mol. The van der Waals surface area contributed by atoms with Crippen LogP contribution in [0.3, 0.4) is 0 Å². The Morgan fingerprint density at radius 3 is 2.42 bits per heavy atom. The third-order valence-electron chi connectivity index (χ3n) is 5.19. The molecule has 1 N–H and O–H groups in total. The summed E-state index contributed by atoms with van der Waals surface area (Å²) in [4.78, 5) is 2.81. The highest BCUT2D eigenvalue weighted by molar-refractivity contribution is 4.92. The van der Waals surface area contributed by atoms with Gasteiger partial charge in [-0.15, -0.1) is 0 Å². The molecule has 2 heteroatoms. The molecule has 2 fully saturated rings. The lowest BCUT2D eigenvalue weighted by atomic mass is 9.77. The monoisotopic (exact) mass is 266 g/mol. The van der Waals surface area contributed by atoms with Gasteiger partial charge in [0.25, 0.3) is 0 Å². The Labute approximate surface area is 120 Å². The fourth-order valence-corrected chi connectivity index (χ4v) is 3.93. The third kappa shape index (κ3) is 4.19. The van der Waals surface area contributed by atoms with Crippen molar-refractivity contribution in [3.05, 3.63) is 0 Å². The van der Waals surface area contributed by atoms with Gasteiger partial charge in [-0.25, -0.2) is 0 Å². The summed E-state index contributed by atoms with van der Waals surface area (Å²) >= 11 is 0. The van der Waals surface area contributed by atoms with Gasteiger partial charge in [-0.3, -0.25) is 4.90 Å². The summed E-state index contributed by atoms with van der Waals surface area (Å²) in [6, 6.07) is 1.54. The fraction of sp³-hybridized carbons (Fsp3) is 1.00. The summed E-state index contributed by atoms with van der Waals surface area (Å²) in [7, 11) is 0. The molecule has 0 spiro atoms. The summed E-state index contributed by atoms with van der Waals surface area (Å²) in [6.07, 6.45) is 8.48. The van der Waals surface area contributed by atoms with E-state index < -0.39 is 0 Å². The summed E-state index contributed by atoms with van der Waals surface area (Å²) in [5.41, 5.74) is 0.464. The van der Waals surface area contributed by atoms with Gasteiger partial charge >= 0.3 is 0 Å². The Kier molecular flexibility index (Phi) is 5.30. The largest absolute Gasteiger partial charge is 0.312 e. The molecule has 1 aliphatic carbocycles. The number of nitrogens with zero attached hydrogens (tertiary/aromatic N) is 1. The Hall–Kier alpha value is -0.0800. The predicted molar refractivity (Wildman–Crippen MR) is 83.5 cm³/mol. The zero-order valence-corrected chi connectivity index (χ0v) is 13.5. The van der Waals surface area contributed by atoms with E-state index in [1.807, 2.05) is 0 Å². The molecule has 1 saturated carbocycles. The normalized spacial score (nSPS) is 28.4. The maximum absolute atomic E-state index is 3.79. The van der Waals surface area contributed by atoms with Gasteiger partial charge in [0.05, 0.1) is 0 Å². The highest BCUT2D eigenvalue weighted by atomic mass is 15.2. The Bertz CT molecular complexity index is 266. The first-order valence-electron chi connectivity index (χ1n) is 8.46. The second-order valence-electron chi connectivity index (χ2n) is 7.88. The number of piperidine rings is 1. The van der Waals surface area contributed by atoms with Gasteiger partial charge in [0, 0.05) is 25.2 Å². The minimum atomic E-state index is 0.464. The van der Waals surface area contributed by atoms with Crippen molar-refractivity contribution in [1.29, 1.82) is 0 Å². The van der Waals surface area contributed by atoms with E-state index >= 15 is 0 Å². The summed E-state index contributed by atoms with van der Waals surface area (Å²) < 4.78 is 0. The maximum Gasteiger partial charge on any atom is 0.0246 e. The van der Waals surface area contributed by atoms with Crippen molar-refractivity contribution in [2.75, 3.05) is 19.6 Å². The Balaban J connectivity index is 1.97. The second-order valence-corrected chi connectivity index (χ2v) is 7.88. The molecule has 0 aromatic rings. The number of hydrogen-bond acceptors (Lipinski definition) is 2. The first-order valence-corrected chi connectivity index (χ1v) is 8.46. The molecule has 2 aliphatic rings.